The van der Waals surface area contributed by atoms with Crippen molar-refractivity contribution >= 4 is 25.8 Å². The summed E-state index contributed by atoms with van der Waals surface area (Å²) in [4.78, 5) is 10.8. The lowest BCUT2D eigenvalue weighted by atomic mass is 10.2. The van der Waals surface area contributed by atoms with E-state index in [0.717, 1.165) is 6.26 Å². The van der Waals surface area contributed by atoms with Crippen molar-refractivity contribution in [2.45, 2.75) is 17.1 Å². The number of carboxylic acids is 1. The second-order valence-corrected chi connectivity index (χ2v) is 8.32. The Morgan fingerprint density at radius 1 is 1.30 bits per heavy atom. The van der Waals surface area contributed by atoms with Crippen molar-refractivity contribution in [3.05, 3.63) is 29.8 Å². The summed E-state index contributed by atoms with van der Waals surface area (Å²) in [5.74, 6) is -1.60. The van der Waals surface area contributed by atoms with Crippen LogP contribution in [0, 0.1) is 6.92 Å². The molecule has 0 spiro atoms. The molecule has 0 amide bonds. The summed E-state index contributed by atoms with van der Waals surface area (Å²) in [5.41, 5.74) is 0.714. The first-order valence-corrected chi connectivity index (χ1v) is 8.96. The van der Waals surface area contributed by atoms with Gasteiger partial charge in [-0.3, -0.25) is 4.79 Å². The minimum Gasteiger partial charge on any atom is -0.480 e. The van der Waals surface area contributed by atoms with Gasteiger partial charge in [-0.1, -0.05) is 12.1 Å². The van der Waals surface area contributed by atoms with Crippen LogP contribution in [0.5, 0.6) is 0 Å². The molecule has 0 aromatic heterocycles. The number of benzene rings is 1. The monoisotopic (exact) mass is 321 g/mol. The molecule has 0 saturated carbocycles. The number of hydrogen-bond donors (Lipinski definition) is 2. The molecule has 0 heterocycles. The highest BCUT2D eigenvalue weighted by Gasteiger charge is 2.30. The third kappa shape index (κ3) is 4.29. The number of carboxylic acid groups (broad SMARTS) is 1. The summed E-state index contributed by atoms with van der Waals surface area (Å²) < 4.78 is 48.4. The molecular weight excluding hydrogens is 306 g/mol. The van der Waals surface area contributed by atoms with E-state index >= 15 is 0 Å². The van der Waals surface area contributed by atoms with Crippen molar-refractivity contribution in [1.29, 1.82) is 0 Å². The lowest BCUT2D eigenvalue weighted by Crippen LogP contribution is -2.41. The first kappa shape index (κ1) is 16.6. The normalized spacial score (nSPS) is 13.9. The minimum atomic E-state index is -3.95. The van der Waals surface area contributed by atoms with Crippen LogP contribution in [0.25, 0.3) is 0 Å². The molecule has 9 heteroatoms. The van der Waals surface area contributed by atoms with E-state index in [1.54, 1.807) is 13.0 Å². The zero-order valence-corrected chi connectivity index (χ0v) is 12.5. The number of rotatable bonds is 6. The molecule has 0 aliphatic heterocycles. The summed E-state index contributed by atoms with van der Waals surface area (Å²) in [6.45, 7) is 0.986. The highest BCUT2D eigenvalue weighted by Crippen LogP contribution is 2.11. The van der Waals surface area contributed by atoms with Gasteiger partial charge in [0.1, 0.15) is 0 Å². The van der Waals surface area contributed by atoms with E-state index in [9.17, 15) is 21.6 Å². The van der Waals surface area contributed by atoms with Crippen LogP contribution in [0.3, 0.4) is 0 Å². The Morgan fingerprint density at radius 3 is 2.35 bits per heavy atom. The fourth-order valence-electron chi connectivity index (χ4n) is 1.47. The van der Waals surface area contributed by atoms with Crippen molar-refractivity contribution in [3.8, 4) is 0 Å². The van der Waals surface area contributed by atoms with Crippen molar-refractivity contribution in [1.82, 2.24) is 4.72 Å². The Morgan fingerprint density at radius 2 is 1.90 bits per heavy atom. The molecule has 0 saturated heterocycles. The van der Waals surface area contributed by atoms with E-state index < -0.39 is 37.6 Å². The minimum absolute atomic E-state index is 0.0462. The third-order valence-electron chi connectivity index (χ3n) is 2.55. The lowest BCUT2D eigenvalue weighted by Gasteiger charge is -2.12. The summed E-state index contributed by atoms with van der Waals surface area (Å²) in [7, 11) is -7.85. The molecule has 0 fully saturated rings. The van der Waals surface area contributed by atoms with E-state index in [0.29, 0.717) is 5.56 Å². The number of hydrogen-bond acceptors (Lipinski definition) is 5. The fourth-order valence-corrected chi connectivity index (χ4v) is 3.48. The molecule has 0 aliphatic rings. The Balaban J connectivity index is 2.96. The topological polar surface area (TPSA) is 118 Å². The van der Waals surface area contributed by atoms with E-state index in [1.807, 2.05) is 4.72 Å². The molecule has 20 heavy (non-hydrogen) atoms. The van der Waals surface area contributed by atoms with E-state index in [-0.39, 0.29) is 4.90 Å². The first-order chi connectivity index (χ1) is 9.04. The van der Waals surface area contributed by atoms with Gasteiger partial charge in [0.15, 0.2) is 15.1 Å². The molecule has 0 bridgehead atoms. The fraction of sp³-hybridized carbons (Fsp3) is 0.364. The van der Waals surface area contributed by atoms with Crippen LogP contribution in [-0.2, 0) is 24.7 Å². The predicted molar refractivity (Wildman–Crippen MR) is 72.6 cm³/mol. The van der Waals surface area contributed by atoms with Gasteiger partial charge < -0.3 is 5.11 Å². The van der Waals surface area contributed by atoms with Crippen molar-refractivity contribution in [2.24, 2.45) is 0 Å². The Bertz CT molecular complexity index is 708. The second kappa shape index (κ2) is 5.90. The highest BCUT2D eigenvalue weighted by atomic mass is 32.2. The number of sulfonamides is 1. The molecule has 7 nitrogen and oxygen atoms in total. The van der Waals surface area contributed by atoms with Gasteiger partial charge in [-0.15, -0.1) is 0 Å². The number of sulfone groups is 1. The SMILES string of the molecule is Cc1cccc(S(=O)(=O)NCC(C(=O)O)S(C)(=O)=O)c1. The van der Waals surface area contributed by atoms with E-state index in [2.05, 4.69) is 0 Å². The predicted octanol–water partition coefficient (Wildman–Crippen LogP) is -0.229. The van der Waals surface area contributed by atoms with Crippen LogP contribution in [0.2, 0.25) is 0 Å². The Hall–Kier alpha value is -1.45. The average molecular weight is 321 g/mol. The third-order valence-corrected chi connectivity index (χ3v) is 5.37. The van der Waals surface area contributed by atoms with Gasteiger partial charge in [-0.25, -0.2) is 21.6 Å². The summed E-state index contributed by atoms with van der Waals surface area (Å²) in [5, 5.41) is 6.99. The van der Waals surface area contributed by atoms with Gasteiger partial charge in [0.05, 0.1) is 4.90 Å². The van der Waals surface area contributed by atoms with E-state index in [4.69, 9.17) is 5.11 Å². The molecule has 1 aromatic carbocycles. The standard InChI is InChI=1S/C11H15NO6S2/c1-8-4-3-5-9(6-8)20(17,18)12-7-10(11(13)14)19(2,15)16/h3-6,10,12H,7H2,1-2H3,(H,13,14). The smallest absolute Gasteiger partial charge is 0.323 e. The van der Waals surface area contributed by atoms with Crippen LogP contribution in [-0.4, -0.2) is 46.0 Å². The van der Waals surface area contributed by atoms with Crippen LogP contribution >= 0.6 is 0 Å². The van der Waals surface area contributed by atoms with Crippen LogP contribution < -0.4 is 4.72 Å². The molecule has 1 unspecified atom stereocenters. The van der Waals surface area contributed by atoms with Gasteiger partial charge in [0, 0.05) is 12.8 Å². The van der Waals surface area contributed by atoms with Crippen molar-refractivity contribution in [3.63, 3.8) is 0 Å². The van der Waals surface area contributed by atoms with Gasteiger partial charge in [0.2, 0.25) is 10.0 Å². The Labute approximate surface area is 117 Å². The number of aryl methyl sites for hydroxylation is 1. The molecule has 1 atom stereocenters. The van der Waals surface area contributed by atoms with Gasteiger partial charge in [-0.05, 0) is 24.6 Å². The molecule has 0 radical (unpaired) electrons. The molecular formula is C11H15NO6S2. The second-order valence-electron chi connectivity index (χ2n) is 4.32. The maximum atomic E-state index is 11.9. The van der Waals surface area contributed by atoms with E-state index in [1.165, 1.54) is 18.2 Å². The zero-order chi connectivity index (χ0) is 15.6. The average Bonchev–Trinajstić information content (AvgIpc) is 2.26. The molecule has 0 aliphatic carbocycles. The largest absolute Gasteiger partial charge is 0.480 e. The first-order valence-electron chi connectivity index (χ1n) is 5.52. The van der Waals surface area contributed by atoms with Crippen molar-refractivity contribution in [2.75, 3.05) is 12.8 Å². The summed E-state index contributed by atoms with van der Waals surface area (Å²) >= 11 is 0. The van der Waals surface area contributed by atoms with Crippen LogP contribution in [0.4, 0.5) is 0 Å². The quantitative estimate of drug-likeness (QED) is 0.747. The van der Waals surface area contributed by atoms with Gasteiger partial charge in [-0.2, -0.15) is 0 Å². The highest BCUT2D eigenvalue weighted by molar-refractivity contribution is 7.92. The van der Waals surface area contributed by atoms with Crippen molar-refractivity contribution < 1.29 is 26.7 Å². The van der Waals surface area contributed by atoms with Gasteiger partial charge in [0.25, 0.3) is 0 Å². The molecule has 112 valence electrons. The maximum Gasteiger partial charge on any atom is 0.323 e. The number of carbonyl (C=O) groups is 1. The lowest BCUT2D eigenvalue weighted by molar-refractivity contribution is -0.136. The van der Waals surface area contributed by atoms with Crippen LogP contribution in [0.15, 0.2) is 29.2 Å². The number of nitrogens with one attached hydrogen (secondary N) is 1. The molecule has 2 N–H and O–H groups in total. The van der Waals surface area contributed by atoms with Gasteiger partial charge >= 0.3 is 5.97 Å². The number of aliphatic carboxylic acids is 1. The summed E-state index contributed by atoms with van der Waals surface area (Å²) in [6, 6.07) is 5.98. The Kier molecular flexibility index (Phi) is 4.90. The molecule has 1 aromatic rings. The van der Waals surface area contributed by atoms with Crippen LogP contribution in [0.1, 0.15) is 5.56 Å². The maximum absolute atomic E-state index is 11.9. The summed E-state index contributed by atoms with van der Waals surface area (Å²) in [6.07, 6.45) is 0.743. The zero-order valence-electron chi connectivity index (χ0n) is 10.9. The molecule has 1 rings (SSSR count).